The molecule has 0 saturated carbocycles. The topological polar surface area (TPSA) is 16.1 Å². The third-order valence-corrected chi connectivity index (χ3v) is 4.25. The van der Waals surface area contributed by atoms with Gasteiger partial charge in [-0.15, -0.1) is 0 Å². The number of pyridine rings is 1. The number of para-hydroxylation sites is 1. The minimum Gasteiger partial charge on any atom is -0.367 e. The monoisotopic (exact) mass is 306 g/mol. The van der Waals surface area contributed by atoms with Crippen LogP contribution < -0.4 is 4.90 Å². The van der Waals surface area contributed by atoms with E-state index in [2.05, 4.69) is 34.1 Å². The summed E-state index contributed by atoms with van der Waals surface area (Å²) in [4.78, 5) is 6.51. The molecular formula is C16H16Cl2N2. The van der Waals surface area contributed by atoms with Crippen molar-refractivity contribution in [2.45, 2.75) is 25.8 Å². The highest BCUT2D eigenvalue weighted by atomic mass is 35.5. The molecule has 0 atom stereocenters. The average Bonchev–Trinajstić information content (AvgIpc) is 2.65. The first kappa shape index (κ1) is 13.7. The largest absolute Gasteiger partial charge is 0.367 e. The standard InChI is InChI=1S/C16H16Cl2N2/c17-15-9-8-13(16(18)19-15)11-20-10-4-3-6-12-5-1-2-7-14(12)20/h1-2,5,7-9H,3-4,6,10-11H2. The average molecular weight is 307 g/mol. The molecule has 0 fully saturated rings. The van der Waals surface area contributed by atoms with Gasteiger partial charge in [0, 0.05) is 24.3 Å². The number of anilines is 1. The summed E-state index contributed by atoms with van der Waals surface area (Å²) in [6.07, 6.45) is 3.59. The van der Waals surface area contributed by atoms with Crippen LogP contribution in [0.1, 0.15) is 24.0 Å². The lowest BCUT2D eigenvalue weighted by Gasteiger charge is -2.25. The van der Waals surface area contributed by atoms with E-state index in [0.717, 1.165) is 25.1 Å². The Morgan fingerprint density at radius 3 is 2.75 bits per heavy atom. The summed E-state index contributed by atoms with van der Waals surface area (Å²) in [5.41, 5.74) is 3.76. The molecule has 1 aliphatic rings. The Morgan fingerprint density at radius 1 is 1.05 bits per heavy atom. The van der Waals surface area contributed by atoms with E-state index in [1.165, 1.54) is 24.1 Å². The summed E-state index contributed by atoms with van der Waals surface area (Å²) in [5.74, 6) is 0. The van der Waals surface area contributed by atoms with Crippen LogP contribution in [0, 0.1) is 0 Å². The lowest BCUT2D eigenvalue weighted by atomic mass is 10.1. The van der Waals surface area contributed by atoms with Gasteiger partial charge in [0.1, 0.15) is 10.3 Å². The predicted molar refractivity (Wildman–Crippen MR) is 84.7 cm³/mol. The molecule has 0 N–H and O–H groups in total. The van der Waals surface area contributed by atoms with Crippen LogP contribution in [0.4, 0.5) is 5.69 Å². The molecule has 2 heterocycles. The molecule has 0 spiro atoms. The summed E-state index contributed by atoms with van der Waals surface area (Å²) in [6.45, 7) is 1.83. The van der Waals surface area contributed by atoms with Gasteiger partial charge in [-0.3, -0.25) is 0 Å². The minimum absolute atomic E-state index is 0.440. The molecule has 20 heavy (non-hydrogen) atoms. The Balaban J connectivity index is 1.90. The van der Waals surface area contributed by atoms with E-state index in [9.17, 15) is 0 Å². The lowest BCUT2D eigenvalue weighted by molar-refractivity contribution is 0.714. The second-order valence-corrected chi connectivity index (χ2v) is 5.84. The summed E-state index contributed by atoms with van der Waals surface area (Å²) in [7, 11) is 0. The summed E-state index contributed by atoms with van der Waals surface area (Å²) >= 11 is 12.1. The number of rotatable bonds is 2. The molecule has 0 radical (unpaired) electrons. The highest BCUT2D eigenvalue weighted by molar-refractivity contribution is 6.32. The minimum atomic E-state index is 0.440. The fourth-order valence-corrected chi connectivity index (χ4v) is 3.10. The van der Waals surface area contributed by atoms with Crippen LogP contribution in [0.5, 0.6) is 0 Å². The number of hydrogen-bond donors (Lipinski definition) is 0. The van der Waals surface area contributed by atoms with Gasteiger partial charge in [-0.25, -0.2) is 4.98 Å². The fourth-order valence-electron chi connectivity index (χ4n) is 2.70. The Hall–Kier alpha value is -1.25. The van der Waals surface area contributed by atoms with Crippen LogP contribution in [-0.2, 0) is 13.0 Å². The maximum atomic E-state index is 6.19. The number of halogens is 2. The Kier molecular flexibility index (Phi) is 4.13. The van der Waals surface area contributed by atoms with Crippen LogP contribution in [0.3, 0.4) is 0 Å². The molecule has 0 amide bonds. The van der Waals surface area contributed by atoms with E-state index < -0.39 is 0 Å². The quantitative estimate of drug-likeness (QED) is 0.746. The maximum absolute atomic E-state index is 6.19. The van der Waals surface area contributed by atoms with Crippen molar-refractivity contribution in [1.82, 2.24) is 4.98 Å². The second kappa shape index (κ2) is 6.02. The van der Waals surface area contributed by atoms with Crippen molar-refractivity contribution >= 4 is 28.9 Å². The normalized spacial score (nSPS) is 14.8. The van der Waals surface area contributed by atoms with E-state index in [-0.39, 0.29) is 0 Å². The van der Waals surface area contributed by atoms with Gasteiger partial charge in [0.25, 0.3) is 0 Å². The predicted octanol–water partition coefficient (Wildman–Crippen LogP) is 4.73. The molecule has 104 valence electrons. The van der Waals surface area contributed by atoms with Crippen molar-refractivity contribution in [3.8, 4) is 0 Å². The zero-order chi connectivity index (χ0) is 13.9. The molecule has 2 aromatic rings. The molecule has 1 aromatic heterocycles. The van der Waals surface area contributed by atoms with Gasteiger partial charge in [0.05, 0.1) is 0 Å². The third-order valence-electron chi connectivity index (χ3n) is 3.71. The van der Waals surface area contributed by atoms with Gasteiger partial charge in [0.15, 0.2) is 0 Å². The molecule has 2 nitrogen and oxygen atoms in total. The highest BCUT2D eigenvalue weighted by Crippen LogP contribution is 2.28. The van der Waals surface area contributed by atoms with Crippen molar-refractivity contribution in [3.63, 3.8) is 0 Å². The molecular weight excluding hydrogens is 291 g/mol. The van der Waals surface area contributed by atoms with Gasteiger partial charge in [-0.1, -0.05) is 47.5 Å². The number of benzene rings is 1. The van der Waals surface area contributed by atoms with Crippen LogP contribution in [0.2, 0.25) is 10.3 Å². The van der Waals surface area contributed by atoms with Crippen LogP contribution in [0.15, 0.2) is 36.4 Å². The summed E-state index contributed by atoms with van der Waals surface area (Å²) in [5, 5.41) is 0.939. The molecule has 1 aliphatic heterocycles. The Bertz CT molecular complexity index is 613. The number of nitrogens with zero attached hydrogens (tertiary/aromatic N) is 2. The number of fused-ring (bicyclic) bond motifs is 1. The van der Waals surface area contributed by atoms with E-state index in [0.29, 0.717) is 10.3 Å². The smallest absolute Gasteiger partial charge is 0.135 e. The summed E-state index contributed by atoms with van der Waals surface area (Å²) < 4.78 is 0. The first-order chi connectivity index (χ1) is 9.74. The molecule has 3 rings (SSSR count). The van der Waals surface area contributed by atoms with Gasteiger partial charge in [-0.05, 0) is 37.0 Å². The van der Waals surface area contributed by atoms with Crippen LogP contribution >= 0.6 is 23.2 Å². The van der Waals surface area contributed by atoms with Crippen molar-refractivity contribution in [2.75, 3.05) is 11.4 Å². The molecule has 1 aromatic carbocycles. The third kappa shape index (κ3) is 2.92. The Labute approximate surface area is 129 Å². The maximum Gasteiger partial charge on any atom is 0.135 e. The molecule has 4 heteroatoms. The van der Waals surface area contributed by atoms with Crippen LogP contribution in [0.25, 0.3) is 0 Å². The molecule has 0 bridgehead atoms. The van der Waals surface area contributed by atoms with Crippen molar-refractivity contribution in [2.24, 2.45) is 0 Å². The SMILES string of the molecule is Clc1ccc(CN2CCCCc3ccccc32)c(Cl)n1. The van der Waals surface area contributed by atoms with Gasteiger partial charge in [0.2, 0.25) is 0 Å². The van der Waals surface area contributed by atoms with Crippen molar-refractivity contribution in [3.05, 3.63) is 57.8 Å². The molecule has 0 saturated heterocycles. The van der Waals surface area contributed by atoms with Gasteiger partial charge in [-0.2, -0.15) is 0 Å². The zero-order valence-corrected chi connectivity index (χ0v) is 12.7. The van der Waals surface area contributed by atoms with E-state index >= 15 is 0 Å². The second-order valence-electron chi connectivity index (χ2n) is 5.09. The number of aromatic nitrogens is 1. The molecule has 0 aliphatic carbocycles. The number of hydrogen-bond acceptors (Lipinski definition) is 2. The van der Waals surface area contributed by atoms with Gasteiger partial charge >= 0.3 is 0 Å². The van der Waals surface area contributed by atoms with Gasteiger partial charge < -0.3 is 4.90 Å². The van der Waals surface area contributed by atoms with Crippen molar-refractivity contribution < 1.29 is 0 Å². The zero-order valence-electron chi connectivity index (χ0n) is 11.1. The van der Waals surface area contributed by atoms with E-state index in [4.69, 9.17) is 23.2 Å². The van der Waals surface area contributed by atoms with E-state index in [1.54, 1.807) is 6.07 Å². The first-order valence-electron chi connectivity index (χ1n) is 6.88. The number of aryl methyl sites for hydroxylation is 1. The lowest BCUT2D eigenvalue weighted by Crippen LogP contribution is -2.23. The van der Waals surface area contributed by atoms with Crippen molar-refractivity contribution in [1.29, 1.82) is 0 Å². The molecule has 0 unspecified atom stereocenters. The summed E-state index contributed by atoms with van der Waals surface area (Å²) in [6, 6.07) is 12.4. The highest BCUT2D eigenvalue weighted by Gasteiger charge is 2.16. The van der Waals surface area contributed by atoms with Crippen LogP contribution in [-0.4, -0.2) is 11.5 Å². The fraction of sp³-hybridized carbons (Fsp3) is 0.312. The Morgan fingerprint density at radius 2 is 1.90 bits per heavy atom. The van der Waals surface area contributed by atoms with E-state index in [1.807, 2.05) is 6.07 Å². The first-order valence-corrected chi connectivity index (χ1v) is 7.63.